The van der Waals surface area contributed by atoms with Gasteiger partial charge in [-0.15, -0.1) is 0 Å². The maximum atomic E-state index is 10.9. The molecule has 2 aromatic heterocycles. The Morgan fingerprint density at radius 2 is 2.00 bits per heavy atom. The number of aromatic nitrogens is 4. The maximum absolute atomic E-state index is 10.9. The predicted octanol–water partition coefficient (Wildman–Crippen LogP) is 1.28. The van der Waals surface area contributed by atoms with Crippen LogP contribution in [-0.4, -0.2) is 45.8 Å². The first-order valence-corrected chi connectivity index (χ1v) is 6.84. The largest absolute Gasteiger partial charge is 0.467 e. The first kappa shape index (κ1) is 15.9. The highest BCUT2D eigenvalue weighted by molar-refractivity contribution is 5.68. The van der Waals surface area contributed by atoms with Gasteiger partial charge in [0.2, 0.25) is 0 Å². The van der Waals surface area contributed by atoms with E-state index in [1.165, 1.54) is 7.11 Å². The SMILES string of the molecule is CCC(=O)OCCOCn1cnc(-c2cnc(OC)nc2)c1. The van der Waals surface area contributed by atoms with E-state index in [-0.39, 0.29) is 12.6 Å². The van der Waals surface area contributed by atoms with Gasteiger partial charge in [-0.25, -0.2) is 15.0 Å². The van der Waals surface area contributed by atoms with E-state index in [9.17, 15) is 4.79 Å². The van der Waals surface area contributed by atoms with Gasteiger partial charge in [-0.1, -0.05) is 6.92 Å². The quantitative estimate of drug-likeness (QED) is 0.536. The van der Waals surface area contributed by atoms with Crippen molar-refractivity contribution in [3.63, 3.8) is 0 Å². The van der Waals surface area contributed by atoms with Crippen molar-refractivity contribution in [3.8, 4) is 17.3 Å². The third-order valence-corrected chi connectivity index (χ3v) is 2.76. The van der Waals surface area contributed by atoms with Crippen LogP contribution < -0.4 is 4.74 Å². The zero-order valence-electron chi connectivity index (χ0n) is 12.6. The molecule has 0 aliphatic rings. The number of carbonyl (C=O) groups is 1. The Morgan fingerprint density at radius 1 is 1.23 bits per heavy atom. The molecule has 0 aliphatic carbocycles. The summed E-state index contributed by atoms with van der Waals surface area (Å²) in [6.45, 7) is 2.66. The maximum Gasteiger partial charge on any atom is 0.316 e. The van der Waals surface area contributed by atoms with E-state index in [4.69, 9.17) is 14.2 Å². The lowest BCUT2D eigenvalue weighted by Gasteiger charge is -2.05. The van der Waals surface area contributed by atoms with Gasteiger partial charge in [0.05, 0.1) is 25.7 Å². The Hall–Kier alpha value is -2.48. The van der Waals surface area contributed by atoms with Gasteiger partial charge >= 0.3 is 12.0 Å². The molecular formula is C14H18N4O4. The Balaban J connectivity index is 1.79. The number of hydrogen-bond donors (Lipinski definition) is 0. The van der Waals surface area contributed by atoms with Crippen LogP contribution in [0.1, 0.15) is 13.3 Å². The van der Waals surface area contributed by atoms with E-state index in [1.54, 1.807) is 30.2 Å². The molecule has 8 heteroatoms. The Morgan fingerprint density at radius 3 is 2.68 bits per heavy atom. The third-order valence-electron chi connectivity index (χ3n) is 2.76. The average molecular weight is 306 g/mol. The number of methoxy groups -OCH3 is 1. The Labute approximate surface area is 128 Å². The summed E-state index contributed by atoms with van der Waals surface area (Å²) in [5.74, 6) is -0.229. The zero-order valence-corrected chi connectivity index (χ0v) is 12.6. The second-order valence-corrected chi connectivity index (χ2v) is 4.34. The molecule has 0 aromatic carbocycles. The molecule has 0 radical (unpaired) electrons. The van der Waals surface area contributed by atoms with Crippen molar-refractivity contribution in [1.29, 1.82) is 0 Å². The highest BCUT2D eigenvalue weighted by Gasteiger charge is 2.04. The van der Waals surface area contributed by atoms with Gasteiger partial charge in [0.25, 0.3) is 0 Å². The summed E-state index contributed by atoms with van der Waals surface area (Å²) in [6.07, 6.45) is 7.13. The summed E-state index contributed by atoms with van der Waals surface area (Å²) in [7, 11) is 1.51. The number of carbonyl (C=O) groups excluding carboxylic acids is 1. The van der Waals surface area contributed by atoms with Crippen LogP contribution in [0.2, 0.25) is 0 Å². The van der Waals surface area contributed by atoms with Crippen LogP contribution >= 0.6 is 0 Å². The van der Waals surface area contributed by atoms with Gasteiger partial charge in [0.15, 0.2) is 0 Å². The molecule has 0 saturated heterocycles. The van der Waals surface area contributed by atoms with Crippen molar-refractivity contribution in [1.82, 2.24) is 19.5 Å². The van der Waals surface area contributed by atoms with E-state index in [0.717, 1.165) is 11.3 Å². The number of imidazole rings is 1. The van der Waals surface area contributed by atoms with Crippen molar-refractivity contribution in [2.45, 2.75) is 20.1 Å². The molecule has 22 heavy (non-hydrogen) atoms. The first-order valence-electron chi connectivity index (χ1n) is 6.84. The number of ether oxygens (including phenoxy) is 3. The molecule has 0 amide bonds. The Bertz CT molecular complexity index is 597. The van der Waals surface area contributed by atoms with Crippen LogP contribution in [0, 0.1) is 0 Å². The standard InChI is InChI=1S/C14H18N4O4/c1-3-13(19)22-5-4-21-10-18-8-12(17-9-18)11-6-15-14(20-2)16-7-11/h6-9H,3-5,10H2,1-2H3. The number of hydrogen-bond acceptors (Lipinski definition) is 7. The molecule has 0 atom stereocenters. The summed E-state index contributed by atoms with van der Waals surface area (Å²) in [6, 6.07) is 0.313. The fourth-order valence-corrected chi connectivity index (χ4v) is 1.62. The summed E-state index contributed by atoms with van der Waals surface area (Å²) in [5.41, 5.74) is 1.53. The van der Waals surface area contributed by atoms with E-state index in [2.05, 4.69) is 15.0 Å². The lowest BCUT2D eigenvalue weighted by atomic mass is 10.3. The highest BCUT2D eigenvalue weighted by Crippen LogP contribution is 2.15. The molecule has 0 saturated carbocycles. The van der Waals surface area contributed by atoms with Crippen LogP contribution in [0.5, 0.6) is 6.01 Å². The van der Waals surface area contributed by atoms with Gasteiger partial charge in [-0.2, -0.15) is 0 Å². The van der Waals surface area contributed by atoms with E-state index >= 15 is 0 Å². The predicted molar refractivity (Wildman–Crippen MR) is 77.0 cm³/mol. The minimum absolute atomic E-state index is 0.229. The second kappa shape index (κ2) is 8.08. The molecule has 0 unspecified atom stereocenters. The topological polar surface area (TPSA) is 88.4 Å². The number of esters is 1. The molecule has 8 nitrogen and oxygen atoms in total. The number of rotatable bonds is 8. The minimum Gasteiger partial charge on any atom is -0.467 e. The summed E-state index contributed by atoms with van der Waals surface area (Å²) in [5, 5.41) is 0. The second-order valence-electron chi connectivity index (χ2n) is 4.34. The van der Waals surface area contributed by atoms with Crippen LogP contribution in [-0.2, 0) is 21.0 Å². The molecule has 2 rings (SSSR count). The normalized spacial score (nSPS) is 10.5. The van der Waals surface area contributed by atoms with Gasteiger partial charge in [-0.3, -0.25) is 4.79 Å². The lowest BCUT2D eigenvalue weighted by Crippen LogP contribution is -2.10. The third kappa shape index (κ3) is 4.52. The minimum atomic E-state index is -0.229. The van der Waals surface area contributed by atoms with Crippen molar-refractivity contribution in [2.75, 3.05) is 20.3 Å². The zero-order chi connectivity index (χ0) is 15.8. The van der Waals surface area contributed by atoms with E-state index in [1.807, 2.05) is 6.20 Å². The fourth-order valence-electron chi connectivity index (χ4n) is 1.62. The van der Waals surface area contributed by atoms with Gasteiger partial charge in [0, 0.05) is 30.6 Å². The van der Waals surface area contributed by atoms with Crippen LogP contribution in [0.4, 0.5) is 0 Å². The van der Waals surface area contributed by atoms with Crippen molar-refractivity contribution in [2.24, 2.45) is 0 Å². The lowest BCUT2D eigenvalue weighted by molar-refractivity contribution is -0.145. The van der Waals surface area contributed by atoms with E-state index < -0.39 is 0 Å². The summed E-state index contributed by atoms with van der Waals surface area (Å²) < 4.78 is 17.0. The number of nitrogens with zero attached hydrogens (tertiary/aromatic N) is 4. The first-order chi connectivity index (χ1) is 10.7. The summed E-state index contributed by atoms with van der Waals surface area (Å²) >= 11 is 0. The molecular weight excluding hydrogens is 288 g/mol. The molecule has 0 aliphatic heterocycles. The molecule has 2 heterocycles. The van der Waals surface area contributed by atoms with Crippen LogP contribution in [0.15, 0.2) is 24.9 Å². The van der Waals surface area contributed by atoms with Gasteiger partial charge in [0.1, 0.15) is 13.3 Å². The molecule has 0 fully saturated rings. The van der Waals surface area contributed by atoms with Crippen LogP contribution in [0.3, 0.4) is 0 Å². The van der Waals surface area contributed by atoms with Crippen molar-refractivity contribution in [3.05, 3.63) is 24.9 Å². The molecule has 0 spiro atoms. The van der Waals surface area contributed by atoms with Crippen LogP contribution in [0.25, 0.3) is 11.3 Å². The van der Waals surface area contributed by atoms with Crippen molar-refractivity contribution >= 4 is 5.97 Å². The van der Waals surface area contributed by atoms with Gasteiger partial charge in [-0.05, 0) is 0 Å². The van der Waals surface area contributed by atoms with E-state index in [0.29, 0.717) is 25.8 Å². The summed E-state index contributed by atoms with van der Waals surface area (Å²) in [4.78, 5) is 23.3. The molecule has 118 valence electrons. The molecule has 0 bridgehead atoms. The van der Waals surface area contributed by atoms with Gasteiger partial charge < -0.3 is 18.8 Å². The smallest absolute Gasteiger partial charge is 0.316 e. The molecule has 2 aromatic rings. The fraction of sp³-hybridized carbons (Fsp3) is 0.429. The monoisotopic (exact) mass is 306 g/mol. The van der Waals surface area contributed by atoms with Crippen molar-refractivity contribution < 1.29 is 19.0 Å². The average Bonchev–Trinajstić information content (AvgIpc) is 3.03. The Kier molecular flexibility index (Phi) is 5.84. The highest BCUT2D eigenvalue weighted by atomic mass is 16.6. The molecule has 0 N–H and O–H groups in total.